The van der Waals surface area contributed by atoms with Crippen molar-refractivity contribution in [3.05, 3.63) is 25.7 Å². The molecule has 0 unspecified atom stereocenters. The summed E-state index contributed by atoms with van der Waals surface area (Å²) in [7, 11) is 0. The molecule has 0 aliphatic rings. The zero-order valence-corrected chi connectivity index (χ0v) is 18.3. The van der Waals surface area contributed by atoms with Gasteiger partial charge in [0, 0.05) is 0 Å². The third-order valence-corrected chi connectivity index (χ3v) is 0. The first-order valence-corrected chi connectivity index (χ1v) is 8.93. The Balaban J connectivity index is -0.0000000676. The second-order valence-electron chi connectivity index (χ2n) is 1.29. The molecule has 0 spiro atoms. The number of quaternary nitrogens is 2. The van der Waals surface area contributed by atoms with Crippen LogP contribution in [0.15, 0.2) is 0 Å². The minimum atomic E-state index is -2.51. The molecule has 0 saturated heterocycles. The van der Waals surface area contributed by atoms with E-state index in [2.05, 4.69) is 0 Å². The molecular weight excluding hydrogens is 944 g/mol. The first kappa shape index (κ1) is 27.0. The third-order valence-electron chi connectivity index (χ3n) is 0. The van der Waals surface area contributed by atoms with Gasteiger partial charge in [0.1, 0.15) is 0 Å². The van der Waals surface area contributed by atoms with Gasteiger partial charge in [0.05, 0.1) is 5.09 Å². The van der Waals surface area contributed by atoms with Crippen molar-refractivity contribution in [3.63, 3.8) is 0 Å². The molecule has 0 fully saturated rings. The first-order chi connectivity index (χ1) is 7.15. The van der Waals surface area contributed by atoms with Gasteiger partial charge in [-0.3, -0.25) is 0 Å². The topological polar surface area (TPSA) is 227 Å². The zero-order chi connectivity index (χ0) is 15.3. The predicted molar refractivity (Wildman–Crippen MR) is 26.1 cm³/mol. The normalized spacial score (nSPS) is 9.06. The Labute approximate surface area is 143 Å². The fourth-order valence-corrected chi connectivity index (χ4v) is 0. The Morgan fingerprint density at radius 1 is 0.941 bits per heavy atom. The van der Waals surface area contributed by atoms with Gasteiger partial charge < -0.3 is 15.3 Å². The van der Waals surface area contributed by atoms with Crippen molar-refractivity contribution in [1.29, 1.82) is 0 Å². The van der Waals surface area contributed by atoms with Crippen molar-refractivity contribution in [1.82, 2.24) is 0 Å². The standard InChI is InChI=1S/2H2NO3.NO3.2O.2Pu.U/c3*2-1(3)4;;;;;/h2*2-3H;;;;;;/q3*-1;;;2*+1;. The Morgan fingerprint density at radius 2 is 0.941 bits per heavy atom. The van der Waals surface area contributed by atoms with Gasteiger partial charge in [-0.2, -0.15) is 0 Å². The van der Waals surface area contributed by atoms with Gasteiger partial charge in [-0.25, -0.2) is 0 Å². The third kappa shape index (κ3) is 1860. The van der Waals surface area contributed by atoms with Gasteiger partial charge in [0.2, 0.25) is 0 Å². The molecule has 0 aromatic carbocycles. The van der Waals surface area contributed by atoms with E-state index in [1.165, 1.54) is 0 Å². The van der Waals surface area contributed by atoms with Gasteiger partial charge in [-0.1, -0.05) is 0 Å². The Kier molecular flexibility index (Phi) is 24.7. The van der Waals surface area contributed by atoms with Crippen LogP contribution in [0.2, 0.25) is 0 Å². The van der Waals surface area contributed by atoms with Crippen LogP contribution in [0.3, 0.4) is 0 Å². The van der Waals surface area contributed by atoms with Crippen molar-refractivity contribution in [2.24, 2.45) is 0 Å². The second kappa shape index (κ2) is 15.6. The van der Waals surface area contributed by atoms with Crippen LogP contribution >= 0.6 is 0 Å². The van der Waals surface area contributed by atoms with Crippen molar-refractivity contribution in [3.8, 4) is 0 Å². The van der Waals surface area contributed by atoms with E-state index in [0.29, 0.717) is 0 Å². The van der Waals surface area contributed by atoms with Gasteiger partial charge in [-0.05, 0) is 0 Å². The van der Waals surface area contributed by atoms with Crippen LogP contribution in [0.1, 0.15) is 0 Å². The molecule has 0 atom stereocenters. The number of hydrogen-bond acceptors (Lipinski definition) is 11. The first-order valence-electron chi connectivity index (χ1n) is 2.49. The number of nitrogens with zero attached hydrogens (tertiary/aromatic N) is 3. The monoisotopic (exact) mass is 936 g/mol. The van der Waals surface area contributed by atoms with Gasteiger partial charge in [0.15, 0.2) is 0 Å². The molecule has 17 heteroatoms. The molecule has 0 amide bonds. The van der Waals surface area contributed by atoms with Crippen LogP contribution < -0.4 is 0 Å². The molecule has 102 valence electrons. The molecule has 0 saturated carbocycles. The summed E-state index contributed by atoms with van der Waals surface area (Å²) in [5, 5.41) is 63.2. The Bertz CT molecular complexity index is 184. The van der Waals surface area contributed by atoms with E-state index < -0.39 is 38.0 Å². The van der Waals surface area contributed by atoms with Crippen LogP contribution in [-0.2, 0) is 4.47 Å². The zero-order valence-electron chi connectivity index (χ0n) is 7.30. The fraction of sp³-hybridized carbons (Fsp3) is 0. The van der Waals surface area contributed by atoms with Crippen LogP contribution in [0.25, 0.3) is 0 Å². The fourth-order valence-electron chi connectivity index (χ4n) is 0. The van der Waals surface area contributed by atoms with Crippen LogP contribution in [0, 0.1) is 109 Å². The molecule has 0 aliphatic carbocycles. The predicted octanol–water partition coefficient (Wildman–Crippen LogP) is -1.39. The molecule has 0 heterocycles. The molecule has 0 rings (SSSR count). The van der Waals surface area contributed by atoms with Crippen LogP contribution in [0.5, 0.6) is 0 Å². The summed E-state index contributed by atoms with van der Waals surface area (Å²) >= 11 is -2.76. The van der Waals surface area contributed by atoms with E-state index in [4.69, 9.17) is 40.6 Å². The van der Waals surface area contributed by atoms with Gasteiger partial charge in [-0.15, -0.1) is 0 Å². The summed E-state index contributed by atoms with van der Waals surface area (Å²) in [6.45, 7) is 0. The minimum absolute atomic E-state index is 0.127. The van der Waals surface area contributed by atoms with Gasteiger partial charge in [0.25, 0.3) is 0 Å². The quantitative estimate of drug-likeness (QED) is 0.163. The summed E-state index contributed by atoms with van der Waals surface area (Å²) in [4.78, 5) is 8.25. The molecule has 4 N–H and O–H groups in total. The summed E-state index contributed by atoms with van der Waals surface area (Å²) in [5.41, 5.74) is 0. The average molecular weight is 948 g/mol. The van der Waals surface area contributed by atoms with Crippen molar-refractivity contribution in [2.45, 2.75) is 0 Å². The van der Waals surface area contributed by atoms with E-state index in [9.17, 15) is 10.4 Å². The molecule has 0 bridgehead atoms. The molecular formula is H4N3O11Pu2U-. The van der Waals surface area contributed by atoms with E-state index in [-0.39, 0.29) is 55.8 Å². The second-order valence-corrected chi connectivity index (χ2v) is 5.94. The van der Waals surface area contributed by atoms with Crippen LogP contribution in [0.4, 0.5) is 0 Å². The van der Waals surface area contributed by atoms with E-state index in [1.807, 2.05) is 0 Å². The van der Waals surface area contributed by atoms with E-state index in [1.54, 1.807) is 0 Å². The molecule has 14 nitrogen and oxygen atoms in total. The van der Waals surface area contributed by atoms with Crippen molar-refractivity contribution in [2.75, 3.05) is 0 Å². The Hall–Kier alpha value is 1.51. The molecule has 0 radical (unpaired) electrons. The molecule has 0 aromatic rings. The summed E-state index contributed by atoms with van der Waals surface area (Å²) in [5.74, 6) is 0. The number of hydrogen-bond donors (Lipinski definition) is 4. The van der Waals surface area contributed by atoms with E-state index >= 15 is 0 Å². The van der Waals surface area contributed by atoms with Crippen molar-refractivity contribution >= 4 is 0 Å². The van der Waals surface area contributed by atoms with E-state index in [0.717, 1.165) is 0 Å². The molecule has 17 heavy (non-hydrogen) atoms. The summed E-state index contributed by atoms with van der Waals surface area (Å²) in [6.07, 6.45) is 0. The maximum atomic E-state index is 9.21. The number of rotatable bonds is 0. The average Bonchev–Trinajstić information content (AvgIpc) is 1.74. The van der Waals surface area contributed by atoms with Gasteiger partial charge >= 0.3 is 124 Å². The van der Waals surface area contributed by atoms with Crippen molar-refractivity contribution < 1.29 is 119 Å². The van der Waals surface area contributed by atoms with Crippen LogP contribution in [-0.4, -0.2) is 31.0 Å². The SMILES string of the molecule is O=[N+]([O-])[O-].[O-][N+](O)(O)[Pu].[O-][N+](O)(O)[Pu].[O]=[U]=[O]. The summed E-state index contributed by atoms with van der Waals surface area (Å²) < 4.78 is 12.9. The maximum absolute atomic E-state index is 9.21. The summed E-state index contributed by atoms with van der Waals surface area (Å²) in [6, 6.07) is 0. The Morgan fingerprint density at radius 3 is 0.941 bits per heavy atom. The molecule has 0 aliphatic heterocycles. The molecule has 0 aromatic heterocycles.